The lowest BCUT2D eigenvalue weighted by atomic mass is 9.96. The second-order valence-corrected chi connectivity index (χ2v) is 7.70. The molecule has 1 aliphatic rings. The number of anilines is 1. The van der Waals surface area contributed by atoms with Crippen LogP contribution in [-0.2, 0) is 6.42 Å². The SMILES string of the molecule is Nc1ncnc2c1ccn2[C@@H]1C[C@H](CCc2ccc3cc[nH]c3c2)[C@@H](O)[C@H]1O. The van der Waals surface area contributed by atoms with Crippen LogP contribution in [-0.4, -0.2) is 41.9 Å². The average molecular weight is 377 g/mol. The number of hydrogen-bond donors (Lipinski definition) is 4. The number of nitrogens with one attached hydrogen (secondary N) is 1. The van der Waals surface area contributed by atoms with E-state index in [0.29, 0.717) is 17.9 Å². The summed E-state index contributed by atoms with van der Waals surface area (Å²) in [5, 5.41) is 23.3. The van der Waals surface area contributed by atoms with Crippen molar-refractivity contribution in [2.75, 3.05) is 5.73 Å². The molecule has 28 heavy (non-hydrogen) atoms. The number of aromatic nitrogens is 4. The highest BCUT2D eigenvalue weighted by Crippen LogP contribution is 2.39. The predicted octanol–water partition coefficient (Wildman–Crippen LogP) is 2.41. The van der Waals surface area contributed by atoms with Crippen molar-refractivity contribution < 1.29 is 10.2 Å². The number of rotatable bonds is 4. The molecule has 5 rings (SSSR count). The topological polar surface area (TPSA) is 113 Å². The summed E-state index contributed by atoms with van der Waals surface area (Å²) in [5.41, 5.74) is 8.97. The Morgan fingerprint density at radius 1 is 1.14 bits per heavy atom. The number of nitrogens with two attached hydrogens (primary N) is 1. The van der Waals surface area contributed by atoms with Gasteiger partial charge in [-0.3, -0.25) is 0 Å². The van der Waals surface area contributed by atoms with Crippen LogP contribution >= 0.6 is 0 Å². The molecule has 7 heteroatoms. The number of H-pyrrole nitrogens is 1. The molecule has 0 amide bonds. The predicted molar refractivity (Wildman–Crippen MR) is 108 cm³/mol. The van der Waals surface area contributed by atoms with Crippen LogP contribution < -0.4 is 5.73 Å². The third-order valence-electron chi connectivity index (χ3n) is 6.09. The van der Waals surface area contributed by atoms with E-state index in [1.807, 2.05) is 23.0 Å². The van der Waals surface area contributed by atoms with Gasteiger partial charge in [-0.1, -0.05) is 12.1 Å². The highest BCUT2D eigenvalue weighted by Gasteiger charge is 2.42. The number of aliphatic hydroxyl groups excluding tert-OH is 2. The Hall–Kier alpha value is -2.90. The Kier molecular flexibility index (Phi) is 4.07. The molecule has 0 spiro atoms. The lowest BCUT2D eigenvalue weighted by Crippen LogP contribution is -2.29. The molecule has 144 valence electrons. The zero-order valence-corrected chi connectivity index (χ0v) is 15.4. The van der Waals surface area contributed by atoms with Gasteiger partial charge in [0.2, 0.25) is 0 Å². The van der Waals surface area contributed by atoms with Gasteiger partial charge in [0.05, 0.1) is 17.5 Å². The summed E-state index contributed by atoms with van der Waals surface area (Å²) in [6.07, 6.45) is 6.03. The first-order valence-electron chi connectivity index (χ1n) is 9.61. The molecule has 1 saturated carbocycles. The second kappa shape index (κ2) is 6.61. The first-order valence-corrected chi connectivity index (χ1v) is 9.61. The van der Waals surface area contributed by atoms with Gasteiger partial charge in [-0.05, 0) is 54.3 Å². The Bertz CT molecular complexity index is 1130. The summed E-state index contributed by atoms with van der Waals surface area (Å²) in [5.74, 6) is 0.448. The Morgan fingerprint density at radius 3 is 2.93 bits per heavy atom. The van der Waals surface area contributed by atoms with Crippen LogP contribution in [0.1, 0.15) is 24.4 Å². The molecule has 7 nitrogen and oxygen atoms in total. The Balaban J connectivity index is 1.35. The molecule has 1 aromatic carbocycles. The minimum atomic E-state index is -0.831. The van der Waals surface area contributed by atoms with Crippen LogP contribution in [0.25, 0.3) is 21.9 Å². The molecule has 0 unspecified atom stereocenters. The maximum absolute atomic E-state index is 10.7. The summed E-state index contributed by atoms with van der Waals surface area (Å²) in [6, 6.07) is 10.1. The van der Waals surface area contributed by atoms with E-state index >= 15 is 0 Å². The van der Waals surface area contributed by atoms with E-state index in [-0.39, 0.29) is 12.0 Å². The van der Waals surface area contributed by atoms with Crippen LogP contribution in [0.3, 0.4) is 0 Å². The maximum atomic E-state index is 10.7. The number of aromatic amines is 1. The third kappa shape index (κ3) is 2.75. The average Bonchev–Trinajstić information content (AvgIpc) is 3.40. The van der Waals surface area contributed by atoms with Crippen molar-refractivity contribution in [1.82, 2.24) is 19.5 Å². The number of fused-ring (bicyclic) bond motifs is 2. The van der Waals surface area contributed by atoms with E-state index in [1.165, 1.54) is 17.3 Å². The van der Waals surface area contributed by atoms with E-state index in [4.69, 9.17) is 5.73 Å². The maximum Gasteiger partial charge on any atom is 0.145 e. The lowest BCUT2D eigenvalue weighted by Gasteiger charge is -2.19. The molecule has 0 saturated heterocycles. The first-order chi connectivity index (χ1) is 13.6. The summed E-state index contributed by atoms with van der Waals surface area (Å²) in [4.78, 5) is 11.6. The molecule has 4 atom stereocenters. The van der Waals surface area contributed by atoms with Crippen molar-refractivity contribution in [3.63, 3.8) is 0 Å². The number of nitrogens with zero attached hydrogens (tertiary/aromatic N) is 3. The molecule has 0 bridgehead atoms. The largest absolute Gasteiger partial charge is 0.390 e. The molecule has 0 radical (unpaired) electrons. The smallest absolute Gasteiger partial charge is 0.145 e. The van der Waals surface area contributed by atoms with E-state index in [0.717, 1.165) is 23.7 Å². The fourth-order valence-electron chi connectivity index (χ4n) is 4.52. The fraction of sp³-hybridized carbons (Fsp3) is 0.333. The van der Waals surface area contributed by atoms with Gasteiger partial charge >= 0.3 is 0 Å². The number of nitrogen functional groups attached to an aromatic ring is 1. The van der Waals surface area contributed by atoms with Crippen LogP contribution in [0.2, 0.25) is 0 Å². The van der Waals surface area contributed by atoms with Crippen LogP contribution in [0.4, 0.5) is 5.82 Å². The van der Waals surface area contributed by atoms with Crippen LogP contribution in [0, 0.1) is 5.92 Å². The van der Waals surface area contributed by atoms with E-state index < -0.39 is 12.2 Å². The van der Waals surface area contributed by atoms with Crippen molar-refractivity contribution in [3.8, 4) is 0 Å². The van der Waals surface area contributed by atoms with Crippen molar-refractivity contribution in [2.24, 2.45) is 5.92 Å². The van der Waals surface area contributed by atoms with Crippen LogP contribution in [0.15, 0.2) is 49.1 Å². The first kappa shape index (κ1) is 17.2. The van der Waals surface area contributed by atoms with E-state index in [2.05, 4.69) is 39.2 Å². The summed E-state index contributed by atoms with van der Waals surface area (Å²) in [6.45, 7) is 0. The van der Waals surface area contributed by atoms with Gasteiger partial charge in [0.1, 0.15) is 23.9 Å². The molecule has 1 aliphatic carbocycles. The monoisotopic (exact) mass is 377 g/mol. The van der Waals surface area contributed by atoms with Gasteiger partial charge in [0.15, 0.2) is 0 Å². The van der Waals surface area contributed by atoms with E-state index in [9.17, 15) is 10.2 Å². The Labute approximate surface area is 161 Å². The molecule has 4 aromatic rings. The third-order valence-corrected chi connectivity index (χ3v) is 6.09. The summed E-state index contributed by atoms with van der Waals surface area (Å²) < 4.78 is 1.92. The van der Waals surface area contributed by atoms with Crippen molar-refractivity contribution in [2.45, 2.75) is 37.5 Å². The van der Waals surface area contributed by atoms with Gasteiger partial charge in [-0.2, -0.15) is 0 Å². The van der Waals surface area contributed by atoms with E-state index in [1.54, 1.807) is 0 Å². The minimum absolute atomic E-state index is 0.0240. The summed E-state index contributed by atoms with van der Waals surface area (Å²) >= 11 is 0. The number of benzene rings is 1. The minimum Gasteiger partial charge on any atom is -0.390 e. The molecular formula is C21H23N5O2. The molecule has 0 aliphatic heterocycles. The molecule has 3 aromatic heterocycles. The van der Waals surface area contributed by atoms with Gasteiger partial charge in [-0.25, -0.2) is 9.97 Å². The van der Waals surface area contributed by atoms with Crippen molar-refractivity contribution in [1.29, 1.82) is 0 Å². The fourth-order valence-corrected chi connectivity index (χ4v) is 4.52. The molecule has 1 fully saturated rings. The van der Waals surface area contributed by atoms with Gasteiger partial charge < -0.3 is 25.5 Å². The summed E-state index contributed by atoms with van der Waals surface area (Å²) in [7, 11) is 0. The number of hydrogen-bond acceptors (Lipinski definition) is 5. The molecular weight excluding hydrogens is 354 g/mol. The normalized spacial score (nSPS) is 25.1. The number of aryl methyl sites for hydroxylation is 1. The standard InChI is InChI=1S/C21H23N5O2/c22-20-15-6-8-26(21(15)25-11-24-20)17-10-14(18(27)19(17)28)4-2-12-1-3-13-5-7-23-16(13)9-12/h1,3,5-9,11,14,17-19,23,27-28H,2,4,10H2,(H2,22,24,25)/t14-,17+,18+,19-/m0/s1. The van der Waals surface area contributed by atoms with Gasteiger partial charge in [0.25, 0.3) is 0 Å². The molecule has 5 N–H and O–H groups in total. The zero-order chi connectivity index (χ0) is 19.3. The van der Waals surface area contributed by atoms with Gasteiger partial charge in [0, 0.05) is 17.9 Å². The van der Waals surface area contributed by atoms with Crippen molar-refractivity contribution in [3.05, 3.63) is 54.6 Å². The Morgan fingerprint density at radius 2 is 2.04 bits per heavy atom. The lowest BCUT2D eigenvalue weighted by molar-refractivity contribution is 0.00545. The highest BCUT2D eigenvalue weighted by molar-refractivity contribution is 5.86. The van der Waals surface area contributed by atoms with Gasteiger partial charge in [-0.15, -0.1) is 0 Å². The van der Waals surface area contributed by atoms with Crippen LogP contribution in [0.5, 0.6) is 0 Å². The van der Waals surface area contributed by atoms with Crippen molar-refractivity contribution >= 4 is 27.8 Å². The number of aliphatic hydroxyl groups is 2. The second-order valence-electron chi connectivity index (χ2n) is 7.70. The quantitative estimate of drug-likeness (QED) is 0.436. The molecule has 3 heterocycles. The zero-order valence-electron chi connectivity index (χ0n) is 15.4. The highest BCUT2D eigenvalue weighted by atomic mass is 16.3.